The molecule has 1 aromatic rings. The summed E-state index contributed by atoms with van der Waals surface area (Å²) >= 11 is 5.99. The lowest BCUT2D eigenvalue weighted by Crippen LogP contribution is -2.22. The number of nitrogens with zero attached hydrogens (tertiary/aromatic N) is 1. The zero-order chi connectivity index (χ0) is 12.5. The first kappa shape index (κ1) is 11.7. The molecular weight excluding hydrogens is 240 g/mol. The highest BCUT2D eigenvalue weighted by Crippen LogP contribution is 2.46. The van der Waals surface area contributed by atoms with E-state index in [4.69, 9.17) is 21.6 Å². The molecule has 5 heteroatoms. The van der Waals surface area contributed by atoms with Crippen LogP contribution in [0.1, 0.15) is 12.8 Å². The number of nitrogens with one attached hydrogen (secondary N) is 1. The van der Waals surface area contributed by atoms with E-state index in [-0.39, 0.29) is 5.91 Å². The predicted octanol–water partition coefficient (Wildman–Crippen LogP) is 2.59. The molecule has 0 bridgehead atoms. The first-order valence-corrected chi connectivity index (χ1v) is 5.55. The Bertz CT molecular complexity index is 504. The van der Waals surface area contributed by atoms with Crippen LogP contribution in [0.25, 0.3) is 0 Å². The van der Waals surface area contributed by atoms with E-state index >= 15 is 0 Å². The highest BCUT2D eigenvalue weighted by Gasteiger charge is 2.50. The van der Waals surface area contributed by atoms with Crippen LogP contribution in [0.2, 0.25) is 5.02 Å². The van der Waals surface area contributed by atoms with Crippen LogP contribution >= 0.6 is 11.6 Å². The fraction of sp³-hybridized carbons (Fsp3) is 0.333. The molecule has 1 aliphatic rings. The Morgan fingerprint density at radius 3 is 2.76 bits per heavy atom. The van der Waals surface area contributed by atoms with Gasteiger partial charge in [0, 0.05) is 6.07 Å². The van der Waals surface area contributed by atoms with Gasteiger partial charge in [0.2, 0.25) is 5.91 Å². The number of hydrogen-bond acceptors (Lipinski definition) is 3. The van der Waals surface area contributed by atoms with Crippen molar-refractivity contribution in [2.24, 2.45) is 5.41 Å². The van der Waals surface area contributed by atoms with Crippen molar-refractivity contribution in [3.05, 3.63) is 23.2 Å². The van der Waals surface area contributed by atoms with Crippen molar-refractivity contribution in [2.75, 3.05) is 12.4 Å². The quantitative estimate of drug-likeness (QED) is 0.897. The van der Waals surface area contributed by atoms with Crippen molar-refractivity contribution in [1.82, 2.24) is 0 Å². The molecule has 0 aliphatic heterocycles. The third-order valence-electron chi connectivity index (χ3n) is 2.82. The molecule has 0 radical (unpaired) electrons. The van der Waals surface area contributed by atoms with Crippen LogP contribution in [0, 0.1) is 16.7 Å². The maximum absolute atomic E-state index is 11.8. The Labute approximate surface area is 104 Å². The van der Waals surface area contributed by atoms with Gasteiger partial charge in [-0.2, -0.15) is 5.26 Å². The smallest absolute Gasteiger partial charge is 0.244 e. The van der Waals surface area contributed by atoms with Gasteiger partial charge in [0.05, 0.1) is 23.9 Å². The third-order valence-corrected chi connectivity index (χ3v) is 3.14. The fourth-order valence-electron chi connectivity index (χ4n) is 1.48. The molecule has 4 nitrogen and oxygen atoms in total. The number of hydrogen-bond donors (Lipinski definition) is 1. The summed E-state index contributed by atoms with van der Waals surface area (Å²) in [5.74, 6) is 0.335. The van der Waals surface area contributed by atoms with Crippen LogP contribution < -0.4 is 10.1 Å². The minimum absolute atomic E-state index is 0.285. The number of methoxy groups -OCH3 is 1. The molecule has 0 heterocycles. The monoisotopic (exact) mass is 250 g/mol. The number of anilines is 1. The van der Waals surface area contributed by atoms with Gasteiger partial charge in [-0.15, -0.1) is 0 Å². The number of nitriles is 1. The van der Waals surface area contributed by atoms with Crippen LogP contribution in [0.15, 0.2) is 18.2 Å². The van der Waals surface area contributed by atoms with Gasteiger partial charge in [-0.3, -0.25) is 4.79 Å². The molecule has 1 amide bonds. The second-order valence-corrected chi connectivity index (χ2v) is 4.40. The van der Waals surface area contributed by atoms with E-state index in [0.717, 1.165) is 0 Å². The van der Waals surface area contributed by atoms with Gasteiger partial charge < -0.3 is 10.1 Å². The summed E-state index contributed by atoms with van der Waals surface area (Å²) in [6.45, 7) is 0. The predicted molar refractivity (Wildman–Crippen MR) is 63.9 cm³/mol. The second-order valence-electron chi connectivity index (χ2n) is 3.99. The molecule has 1 aromatic carbocycles. The van der Waals surface area contributed by atoms with E-state index in [0.29, 0.717) is 29.3 Å². The van der Waals surface area contributed by atoms with Crippen molar-refractivity contribution in [3.8, 4) is 11.8 Å². The second kappa shape index (κ2) is 4.27. The minimum Gasteiger partial charge on any atom is -0.497 e. The standard InChI is InChI=1S/C12H11ClN2O2/c1-17-8-2-3-10(9(13)6-8)15-11(16)12(7-14)4-5-12/h2-3,6H,4-5H2,1H3,(H,15,16). The zero-order valence-corrected chi connectivity index (χ0v) is 10.0. The molecule has 0 aromatic heterocycles. The molecule has 17 heavy (non-hydrogen) atoms. The summed E-state index contributed by atoms with van der Waals surface area (Å²) in [6.07, 6.45) is 1.23. The van der Waals surface area contributed by atoms with Gasteiger partial charge in [0.1, 0.15) is 11.2 Å². The molecule has 0 spiro atoms. The Balaban J connectivity index is 2.15. The Kier molecular flexibility index (Phi) is 2.95. The maximum Gasteiger partial charge on any atom is 0.244 e. The summed E-state index contributed by atoms with van der Waals surface area (Å²) in [7, 11) is 1.54. The SMILES string of the molecule is COc1ccc(NC(=O)C2(C#N)CC2)c(Cl)c1. The van der Waals surface area contributed by atoms with Gasteiger partial charge in [-0.05, 0) is 25.0 Å². The van der Waals surface area contributed by atoms with Gasteiger partial charge in [0.25, 0.3) is 0 Å². The number of carbonyl (C=O) groups excluding carboxylic acids is 1. The first-order chi connectivity index (χ1) is 8.11. The molecule has 1 N–H and O–H groups in total. The summed E-state index contributed by atoms with van der Waals surface area (Å²) in [5.41, 5.74) is -0.345. The Hall–Kier alpha value is -1.73. The number of halogens is 1. The third kappa shape index (κ3) is 2.20. The zero-order valence-electron chi connectivity index (χ0n) is 9.29. The average molecular weight is 251 g/mol. The molecule has 0 saturated heterocycles. The van der Waals surface area contributed by atoms with Crippen molar-refractivity contribution >= 4 is 23.2 Å². The molecule has 88 valence electrons. The van der Waals surface area contributed by atoms with E-state index in [9.17, 15) is 4.79 Å². The van der Waals surface area contributed by atoms with Gasteiger partial charge in [-0.25, -0.2) is 0 Å². The number of rotatable bonds is 3. The largest absolute Gasteiger partial charge is 0.497 e. The van der Waals surface area contributed by atoms with E-state index in [1.807, 2.05) is 6.07 Å². The summed E-state index contributed by atoms with van der Waals surface area (Å²) in [4.78, 5) is 11.8. The minimum atomic E-state index is -0.844. The normalized spacial score (nSPS) is 15.8. The van der Waals surface area contributed by atoms with Crippen LogP contribution in [0.5, 0.6) is 5.75 Å². The number of benzene rings is 1. The first-order valence-electron chi connectivity index (χ1n) is 5.17. The lowest BCUT2D eigenvalue weighted by Gasteiger charge is -2.10. The molecule has 0 atom stereocenters. The van der Waals surface area contributed by atoms with Crippen LogP contribution in [0.3, 0.4) is 0 Å². The molecule has 1 aliphatic carbocycles. The lowest BCUT2D eigenvalue weighted by molar-refractivity contribution is -0.119. The molecule has 2 rings (SSSR count). The van der Waals surface area contributed by atoms with E-state index in [1.54, 1.807) is 25.3 Å². The average Bonchev–Trinajstić information content (AvgIpc) is 3.12. The molecule has 1 saturated carbocycles. The summed E-state index contributed by atoms with van der Waals surface area (Å²) < 4.78 is 5.01. The number of ether oxygens (including phenoxy) is 1. The summed E-state index contributed by atoms with van der Waals surface area (Å²) in [6, 6.07) is 7.01. The van der Waals surface area contributed by atoms with Gasteiger partial charge in [-0.1, -0.05) is 11.6 Å². The van der Waals surface area contributed by atoms with Gasteiger partial charge in [0.15, 0.2) is 0 Å². The number of carbonyl (C=O) groups is 1. The van der Waals surface area contributed by atoms with Crippen LogP contribution in [-0.4, -0.2) is 13.0 Å². The van der Waals surface area contributed by atoms with Crippen molar-refractivity contribution < 1.29 is 9.53 Å². The van der Waals surface area contributed by atoms with E-state index < -0.39 is 5.41 Å². The Morgan fingerprint density at radius 1 is 1.59 bits per heavy atom. The van der Waals surface area contributed by atoms with Crippen molar-refractivity contribution in [3.63, 3.8) is 0 Å². The van der Waals surface area contributed by atoms with Crippen molar-refractivity contribution in [1.29, 1.82) is 5.26 Å². The fourth-order valence-corrected chi connectivity index (χ4v) is 1.70. The number of amides is 1. The highest BCUT2D eigenvalue weighted by atomic mass is 35.5. The lowest BCUT2D eigenvalue weighted by atomic mass is 10.1. The van der Waals surface area contributed by atoms with Crippen LogP contribution in [-0.2, 0) is 4.79 Å². The molecule has 1 fully saturated rings. The topological polar surface area (TPSA) is 62.1 Å². The summed E-state index contributed by atoms with van der Waals surface area (Å²) in [5, 5.41) is 12.0. The Morgan fingerprint density at radius 2 is 2.29 bits per heavy atom. The molecule has 0 unspecified atom stereocenters. The van der Waals surface area contributed by atoms with E-state index in [2.05, 4.69) is 5.32 Å². The maximum atomic E-state index is 11.8. The van der Waals surface area contributed by atoms with Gasteiger partial charge >= 0.3 is 0 Å². The molecular formula is C12H11ClN2O2. The highest BCUT2D eigenvalue weighted by molar-refractivity contribution is 6.34. The van der Waals surface area contributed by atoms with Crippen LogP contribution in [0.4, 0.5) is 5.69 Å². The van der Waals surface area contributed by atoms with E-state index in [1.165, 1.54) is 0 Å². The van der Waals surface area contributed by atoms with Crippen molar-refractivity contribution in [2.45, 2.75) is 12.8 Å².